The fraction of sp³-hybridized carbons (Fsp3) is 0.640. The van der Waals surface area contributed by atoms with Crippen molar-refractivity contribution in [2.24, 2.45) is 5.92 Å². The fourth-order valence-electron chi connectivity index (χ4n) is 5.49. The normalized spacial score (nSPS) is 21.1. The van der Waals surface area contributed by atoms with Crippen LogP contribution in [0.3, 0.4) is 0 Å². The molecule has 5 heteroatoms. The van der Waals surface area contributed by atoms with E-state index < -0.39 is 0 Å². The van der Waals surface area contributed by atoms with Gasteiger partial charge < -0.3 is 4.90 Å². The molecule has 0 aromatic carbocycles. The van der Waals surface area contributed by atoms with Crippen LogP contribution in [-0.4, -0.2) is 38.5 Å². The number of carbonyl (C=O) groups excluding carboxylic acids is 1. The smallest absolute Gasteiger partial charge is 0.274 e. The van der Waals surface area contributed by atoms with Gasteiger partial charge in [0.15, 0.2) is 11.3 Å². The fourth-order valence-corrected chi connectivity index (χ4v) is 5.49. The molecule has 3 aliphatic rings. The Morgan fingerprint density at radius 2 is 1.73 bits per heavy atom. The van der Waals surface area contributed by atoms with Crippen LogP contribution in [0.2, 0.25) is 0 Å². The monoisotopic (exact) mass is 406 g/mol. The number of rotatable bonds is 4. The minimum absolute atomic E-state index is 0.0718. The Bertz CT molecular complexity index is 930. The van der Waals surface area contributed by atoms with E-state index in [0.29, 0.717) is 5.69 Å². The van der Waals surface area contributed by atoms with Crippen LogP contribution in [0.25, 0.3) is 11.2 Å². The average molecular weight is 407 g/mol. The largest absolute Gasteiger partial charge is 0.337 e. The Morgan fingerprint density at radius 3 is 2.47 bits per heavy atom. The SMILES string of the molecule is O=C(c1cc2nc(CC3CCCCC3)cc(C3=CCCC3)n2n1)N1CCCCCC1. The van der Waals surface area contributed by atoms with Gasteiger partial charge in [-0.3, -0.25) is 4.79 Å². The van der Waals surface area contributed by atoms with E-state index in [1.165, 1.54) is 62.6 Å². The molecule has 0 radical (unpaired) electrons. The molecule has 0 N–H and O–H groups in total. The number of aromatic nitrogens is 3. The highest BCUT2D eigenvalue weighted by Crippen LogP contribution is 2.31. The minimum atomic E-state index is 0.0718. The number of fused-ring (bicyclic) bond motifs is 1. The molecule has 0 bridgehead atoms. The van der Waals surface area contributed by atoms with Crippen LogP contribution in [0.1, 0.15) is 98.9 Å². The number of carbonyl (C=O) groups is 1. The molecule has 0 atom stereocenters. The molecule has 1 amide bonds. The van der Waals surface area contributed by atoms with E-state index in [1.54, 1.807) is 0 Å². The molecular weight excluding hydrogens is 372 g/mol. The van der Waals surface area contributed by atoms with Gasteiger partial charge >= 0.3 is 0 Å². The van der Waals surface area contributed by atoms with Gasteiger partial charge in [-0.25, -0.2) is 9.50 Å². The second kappa shape index (κ2) is 8.91. The molecule has 5 nitrogen and oxygen atoms in total. The maximum absolute atomic E-state index is 13.2. The van der Waals surface area contributed by atoms with Crippen LogP contribution in [0.5, 0.6) is 0 Å². The van der Waals surface area contributed by atoms with E-state index in [4.69, 9.17) is 10.1 Å². The third-order valence-electron chi connectivity index (χ3n) is 7.19. The van der Waals surface area contributed by atoms with Gasteiger partial charge in [-0.2, -0.15) is 5.10 Å². The highest BCUT2D eigenvalue weighted by molar-refractivity contribution is 5.93. The summed E-state index contributed by atoms with van der Waals surface area (Å²) in [6.07, 6.45) is 18.2. The third kappa shape index (κ3) is 4.17. The van der Waals surface area contributed by atoms with Crippen molar-refractivity contribution < 1.29 is 4.79 Å². The Balaban J connectivity index is 1.48. The van der Waals surface area contributed by atoms with E-state index in [1.807, 2.05) is 15.5 Å². The molecule has 0 unspecified atom stereocenters. The van der Waals surface area contributed by atoms with E-state index >= 15 is 0 Å². The Kier molecular flexibility index (Phi) is 5.87. The summed E-state index contributed by atoms with van der Waals surface area (Å²) in [5.74, 6) is 0.822. The van der Waals surface area contributed by atoms with E-state index in [0.717, 1.165) is 62.5 Å². The summed E-state index contributed by atoms with van der Waals surface area (Å²) < 4.78 is 1.94. The minimum Gasteiger partial charge on any atom is -0.337 e. The molecule has 1 aliphatic heterocycles. The lowest BCUT2D eigenvalue weighted by atomic mass is 9.86. The Labute approximate surface area is 179 Å². The molecule has 2 aliphatic carbocycles. The average Bonchev–Trinajstić information content (AvgIpc) is 3.37. The number of amides is 1. The maximum Gasteiger partial charge on any atom is 0.274 e. The molecule has 1 saturated carbocycles. The molecule has 1 saturated heterocycles. The van der Waals surface area contributed by atoms with Crippen molar-refractivity contribution in [1.82, 2.24) is 19.5 Å². The summed E-state index contributed by atoms with van der Waals surface area (Å²) in [7, 11) is 0. The van der Waals surface area contributed by atoms with Crippen LogP contribution in [0.15, 0.2) is 18.2 Å². The van der Waals surface area contributed by atoms with Gasteiger partial charge in [-0.05, 0) is 56.1 Å². The first-order valence-electron chi connectivity index (χ1n) is 12.2. The van der Waals surface area contributed by atoms with Gasteiger partial charge in [-0.15, -0.1) is 0 Å². The summed E-state index contributed by atoms with van der Waals surface area (Å²) in [5, 5.41) is 4.77. The molecular formula is C25H34N4O. The highest BCUT2D eigenvalue weighted by Gasteiger charge is 2.23. The second-order valence-electron chi connectivity index (χ2n) is 9.47. The van der Waals surface area contributed by atoms with Gasteiger partial charge in [-0.1, -0.05) is 51.0 Å². The van der Waals surface area contributed by atoms with Crippen LogP contribution in [0, 0.1) is 5.92 Å². The molecule has 0 spiro atoms. The zero-order chi connectivity index (χ0) is 20.3. The number of likely N-dealkylation sites (tertiary alicyclic amines) is 1. The lowest BCUT2D eigenvalue weighted by Gasteiger charge is -2.21. The maximum atomic E-state index is 13.2. The number of hydrogen-bond acceptors (Lipinski definition) is 3. The molecule has 2 aromatic rings. The zero-order valence-corrected chi connectivity index (χ0v) is 18.1. The Hall–Kier alpha value is -2.17. The van der Waals surface area contributed by atoms with Gasteiger partial charge in [0.05, 0.1) is 5.69 Å². The van der Waals surface area contributed by atoms with Crippen LogP contribution < -0.4 is 0 Å². The first kappa shape index (κ1) is 19.8. The van der Waals surface area contributed by atoms with Crippen LogP contribution in [0.4, 0.5) is 0 Å². The molecule has 3 heterocycles. The number of nitrogens with zero attached hydrogens (tertiary/aromatic N) is 4. The van der Waals surface area contributed by atoms with Gasteiger partial charge in [0, 0.05) is 24.8 Å². The first-order valence-corrected chi connectivity index (χ1v) is 12.2. The number of allylic oxidation sites excluding steroid dienone is 2. The zero-order valence-electron chi connectivity index (χ0n) is 18.1. The quantitative estimate of drug-likeness (QED) is 0.680. The van der Waals surface area contributed by atoms with Crippen molar-refractivity contribution in [3.63, 3.8) is 0 Å². The predicted octanol–water partition coefficient (Wildman–Crippen LogP) is 5.44. The van der Waals surface area contributed by atoms with Crippen molar-refractivity contribution >= 4 is 17.1 Å². The standard InChI is InChI=1S/C25H34N4O/c30-25(28-14-8-1-2-9-15-28)22-18-24-26-21(16-19-10-4-3-5-11-19)17-23(29(24)27-22)20-12-6-7-13-20/h12,17-19H,1-11,13-16H2. The van der Waals surface area contributed by atoms with Crippen molar-refractivity contribution in [2.75, 3.05) is 13.1 Å². The van der Waals surface area contributed by atoms with Gasteiger partial charge in [0.1, 0.15) is 0 Å². The molecule has 30 heavy (non-hydrogen) atoms. The van der Waals surface area contributed by atoms with Crippen LogP contribution in [-0.2, 0) is 6.42 Å². The van der Waals surface area contributed by atoms with Crippen molar-refractivity contribution in [3.05, 3.63) is 35.3 Å². The molecule has 5 rings (SSSR count). The van der Waals surface area contributed by atoms with Crippen LogP contribution >= 0.6 is 0 Å². The molecule has 2 fully saturated rings. The summed E-state index contributed by atoms with van der Waals surface area (Å²) in [5.41, 5.74) is 5.08. The first-order chi connectivity index (χ1) is 14.8. The molecule has 2 aromatic heterocycles. The van der Waals surface area contributed by atoms with Gasteiger partial charge in [0.2, 0.25) is 0 Å². The summed E-state index contributed by atoms with van der Waals surface area (Å²) in [6.45, 7) is 1.70. The van der Waals surface area contributed by atoms with Crippen molar-refractivity contribution in [1.29, 1.82) is 0 Å². The van der Waals surface area contributed by atoms with Gasteiger partial charge in [0.25, 0.3) is 5.91 Å². The third-order valence-corrected chi connectivity index (χ3v) is 7.19. The Morgan fingerprint density at radius 1 is 0.967 bits per heavy atom. The lowest BCUT2D eigenvalue weighted by Crippen LogP contribution is -2.32. The van der Waals surface area contributed by atoms with Crippen molar-refractivity contribution in [3.8, 4) is 0 Å². The lowest BCUT2D eigenvalue weighted by molar-refractivity contribution is 0.0755. The topological polar surface area (TPSA) is 50.5 Å². The summed E-state index contributed by atoms with van der Waals surface area (Å²) in [4.78, 5) is 20.1. The summed E-state index contributed by atoms with van der Waals surface area (Å²) >= 11 is 0. The van der Waals surface area contributed by atoms with Crippen molar-refractivity contribution in [2.45, 2.75) is 83.5 Å². The van der Waals surface area contributed by atoms with E-state index in [9.17, 15) is 4.79 Å². The number of hydrogen-bond donors (Lipinski definition) is 0. The van der Waals surface area contributed by atoms with E-state index in [-0.39, 0.29) is 5.91 Å². The predicted molar refractivity (Wildman–Crippen MR) is 119 cm³/mol. The summed E-state index contributed by atoms with van der Waals surface area (Å²) in [6, 6.07) is 4.18. The van der Waals surface area contributed by atoms with E-state index in [2.05, 4.69) is 12.1 Å². The second-order valence-corrected chi connectivity index (χ2v) is 9.47. The molecule has 160 valence electrons. The highest BCUT2D eigenvalue weighted by atomic mass is 16.2.